The number of ketones is 1. The van der Waals surface area contributed by atoms with Gasteiger partial charge < -0.3 is 19.7 Å². The van der Waals surface area contributed by atoms with Crippen molar-refractivity contribution in [1.29, 1.82) is 0 Å². The van der Waals surface area contributed by atoms with Gasteiger partial charge in [-0.1, -0.05) is 60.7 Å². The molecule has 2 fully saturated rings. The molecule has 7 rings (SSSR count). The highest BCUT2D eigenvalue weighted by Gasteiger charge is 2.60. The number of alkyl halides is 1. The minimum Gasteiger partial charge on any atom is -0.444 e. The van der Waals surface area contributed by atoms with E-state index in [2.05, 4.69) is 15.3 Å². The number of fused-ring (bicyclic) bond motifs is 1. The molecule has 3 heterocycles. The standard InChI is InChI=1S/C41H42FN5O4/c1-26-17-18-30-27(23-35(48)33-24-41(33,42)28-12-6-5-7-13-28)11-8-15-31(30)36(26)50-37-32(16-9-20-43-37)34-19-21-44-38(46-34)45-29-14-10-22-47(25-29)39(49)51-40(2,3)4/h5-9,11-13,15-21,29,33H,10,14,22-25H2,1-4H3,(H,44,45,46)/t29-,33?,41?/m0/s1. The molecule has 1 saturated heterocycles. The highest BCUT2D eigenvalue weighted by molar-refractivity contribution is 5.96. The summed E-state index contributed by atoms with van der Waals surface area (Å²) in [6.45, 7) is 8.68. The van der Waals surface area contributed by atoms with Crippen molar-refractivity contribution < 1.29 is 23.5 Å². The van der Waals surface area contributed by atoms with Crippen LogP contribution in [-0.2, 0) is 21.6 Å². The fourth-order valence-electron chi connectivity index (χ4n) is 6.86. The van der Waals surface area contributed by atoms with Crippen LogP contribution in [0.1, 0.15) is 56.7 Å². The molecule has 0 spiro atoms. The number of likely N-dealkylation sites (tertiary alicyclic amines) is 1. The molecule has 2 unspecified atom stereocenters. The molecule has 9 nitrogen and oxygen atoms in total. The van der Waals surface area contributed by atoms with E-state index < -0.39 is 17.2 Å². The van der Waals surface area contributed by atoms with Crippen LogP contribution in [-0.4, -0.2) is 56.5 Å². The predicted octanol–water partition coefficient (Wildman–Crippen LogP) is 8.60. The highest BCUT2D eigenvalue weighted by atomic mass is 19.1. The zero-order valence-corrected chi connectivity index (χ0v) is 29.4. The zero-order chi connectivity index (χ0) is 35.8. The van der Waals surface area contributed by atoms with Gasteiger partial charge in [0.1, 0.15) is 22.8 Å². The van der Waals surface area contributed by atoms with E-state index in [1.165, 1.54) is 0 Å². The van der Waals surface area contributed by atoms with Crippen LogP contribution in [0.25, 0.3) is 22.0 Å². The first-order valence-corrected chi connectivity index (χ1v) is 17.5. The summed E-state index contributed by atoms with van der Waals surface area (Å²) in [6.07, 6.45) is 5.07. The lowest BCUT2D eigenvalue weighted by molar-refractivity contribution is -0.120. The molecule has 1 saturated carbocycles. The normalized spacial score (nSPS) is 20.1. The van der Waals surface area contributed by atoms with E-state index in [4.69, 9.17) is 14.5 Å². The van der Waals surface area contributed by atoms with E-state index >= 15 is 4.39 Å². The van der Waals surface area contributed by atoms with Crippen molar-refractivity contribution in [3.63, 3.8) is 0 Å². The first-order chi connectivity index (χ1) is 24.5. The van der Waals surface area contributed by atoms with Crippen molar-refractivity contribution in [2.45, 2.75) is 70.7 Å². The van der Waals surface area contributed by atoms with Gasteiger partial charge in [-0.2, -0.15) is 0 Å². The van der Waals surface area contributed by atoms with Crippen LogP contribution in [0.3, 0.4) is 0 Å². The first kappa shape index (κ1) is 34.1. The zero-order valence-electron chi connectivity index (χ0n) is 29.4. The highest BCUT2D eigenvalue weighted by Crippen LogP contribution is 2.56. The third kappa shape index (κ3) is 7.41. The Labute approximate surface area is 297 Å². The number of hydrogen-bond acceptors (Lipinski definition) is 8. The van der Waals surface area contributed by atoms with Crippen LogP contribution in [0.5, 0.6) is 11.6 Å². The van der Waals surface area contributed by atoms with Gasteiger partial charge in [0.15, 0.2) is 0 Å². The summed E-state index contributed by atoms with van der Waals surface area (Å²) >= 11 is 0. The number of ether oxygens (including phenoxy) is 2. The number of hydrogen-bond donors (Lipinski definition) is 1. The van der Waals surface area contributed by atoms with E-state index in [9.17, 15) is 9.59 Å². The van der Waals surface area contributed by atoms with Crippen LogP contribution in [0.15, 0.2) is 91.3 Å². The molecule has 5 aromatic rings. The van der Waals surface area contributed by atoms with E-state index in [1.54, 1.807) is 47.6 Å². The molecule has 10 heteroatoms. The summed E-state index contributed by atoms with van der Waals surface area (Å²) in [5.74, 6) is 0.670. The Bertz CT molecular complexity index is 2080. The van der Waals surface area contributed by atoms with Gasteiger partial charge in [-0.25, -0.2) is 24.1 Å². The van der Waals surface area contributed by atoms with Crippen molar-refractivity contribution >= 4 is 28.6 Å². The SMILES string of the molecule is Cc1ccc2c(CC(=O)C3CC3(F)c3ccccc3)cccc2c1Oc1ncccc1-c1ccnc(N[C@H]2CCCN(C(=O)OC(C)(C)C)C2)n1. The van der Waals surface area contributed by atoms with E-state index in [-0.39, 0.29) is 30.8 Å². The number of nitrogens with zero attached hydrogens (tertiary/aromatic N) is 4. The van der Waals surface area contributed by atoms with Gasteiger partial charge in [0.2, 0.25) is 11.8 Å². The molecule has 1 aliphatic carbocycles. The Balaban J connectivity index is 1.10. The third-order valence-corrected chi connectivity index (χ3v) is 9.51. The average Bonchev–Trinajstić information content (AvgIpc) is 3.82. The van der Waals surface area contributed by atoms with Crippen LogP contribution in [0, 0.1) is 12.8 Å². The van der Waals surface area contributed by atoms with Gasteiger partial charge >= 0.3 is 6.09 Å². The molecule has 1 aliphatic heterocycles. The Morgan fingerprint density at radius 1 is 0.961 bits per heavy atom. The monoisotopic (exact) mass is 687 g/mol. The fourth-order valence-corrected chi connectivity index (χ4v) is 6.86. The largest absolute Gasteiger partial charge is 0.444 e. The number of carbonyl (C=O) groups is 2. The third-order valence-electron chi connectivity index (χ3n) is 9.51. The van der Waals surface area contributed by atoms with E-state index in [1.807, 2.05) is 76.2 Å². The molecule has 0 radical (unpaired) electrons. The Hall–Kier alpha value is -5.38. The lowest BCUT2D eigenvalue weighted by Gasteiger charge is -2.34. The minimum absolute atomic E-state index is 0.0369. The summed E-state index contributed by atoms with van der Waals surface area (Å²) in [5, 5.41) is 5.11. The minimum atomic E-state index is -1.60. The van der Waals surface area contributed by atoms with Gasteiger partial charge in [0.25, 0.3) is 0 Å². The van der Waals surface area contributed by atoms with Crippen molar-refractivity contribution in [3.05, 3.63) is 108 Å². The first-order valence-electron chi connectivity index (χ1n) is 17.5. The number of aryl methyl sites for hydroxylation is 1. The second-order valence-corrected chi connectivity index (χ2v) is 14.5. The Kier molecular flexibility index (Phi) is 9.18. The number of piperidine rings is 1. The number of carbonyl (C=O) groups excluding carboxylic acids is 2. The number of Topliss-reactive ketones (excluding diaryl/α,β-unsaturated/α-hetero) is 1. The summed E-state index contributed by atoms with van der Waals surface area (Å²) in [7, 11) is 0. The molecular weight excluding hydrogens is 645 g/mol. The smallest absolute Gasteiger partial charge is 0.410 e. The molecule has 3 atom stereocenters. The average molecular weight is 688 g/mol. The molecule has 3 aromatic carbocycles. The van der Waals surface area contributed by atoms with Crippen LogP contribution >= 0.6 is 0 Å². The molecule has 1 amide bonds. The van der Waals surface area contributed by atoms with Gasteiger partial charge in [0.05, 0.1) is 17.2 Å². The summed E-state index contributed by atoms with van der Waals surface area (Å²) in [6, 6.07) is 24.2. The fraction of sp³-hybridized carbons (Fsp3) is 0.341. The van der Waals surface area contributed by atoms with Crippen molar-refractivity contribution in [3.8, 4) is 22.9 Å². The molecule has 2 aliphatic rings. The van der Waals surface area contributed by atoms with Crippen LogP contribution < -0.4 is 10.1 Å². The topological polar surface area (TPSA) is 107 Å². The quantitative estimate of drug-likeness (QED) is 0.164. The molecule has 0 bridgehead atoms. The Morgan fingerprint density at radius 3 is 2.59 bits per heavy atom. The number of pyridine rings is 1. The Morgan fingerprint density at radius 2 is 1.78 bits per heavy atom. The number of aromatic nitrogens is 3. The maximum Gasteiger partial charge on any atom is 0.410 e. The molecule has 2 aromatic heterocycles. The second-order valence-electron chi connectivity index (χ2n) is 14.5. The number of amides is 1. The summed E-state index contributed by atoms with van der Waals surface area (Å²) < 4.78 is 27.8. The van der Waals surface area contributed by atoms with Gasteiger partial charge in [-0.05, 0) is 87.2 Å². The van der Waals surface area contributed by atoms with Crippen molar-refractivity contribution in [2.24, 2.45) is 5.92 Å². The van der Waals surface area contributed by atoms with Crippen LogP contribution in [0.4, 0.5) is 15.1 Å². The lowest BCUT2D eigenvalue weighted by atomic mass is 9.95. The van der Waals surface area contributed by atoms with Crippen LogP contribution in [0.2, 0.25) is 0 Å². The molecule has 262 valence electrons. The number of benzene rings is 3. The van der Waals surface area contributed by atoms with Crippen molar-refractivity contribution in [2.75, 3.05) is 18.4 Å². The van der Waals surface area contributed by atoms with Gasteiger partial charge in [0, 0.05) is 43.3 Å². The van der Waals surface area contributed by atoms with Gasteiger partial charge in [-0.3, -0.25) is 4.79 Å². The lowest BCUT2D eigenvalue weighted by Crippen LogP contribution is -2.47. The molecular formula is C41H42FN5O4. The predicted molar refractivity (Wildman–Crippen MR) is 195 cm³/mol. The maximum atomic E-state index is 15.7. The second kappa shape index (κ2) is 13.7. The molecule has 1 N–H and O–H groups in total. The number of rotatable bonds is 9. The van der Waals surface area contributed by atoms with Gasteiger partial charge in [-0.15, -0.1) is 0 Å². The number of anilines is 1. The molecule has 51 heavy (non-hydrogen) atoms. The van der Waals surface area contributed by atoms with E-state index in [0.717, 1.165) is 34.7 Å². The van der Waals surface area contributed by atoms with Crippen molar-refractivity contribution in [1.82, 2.24) is 19.9 Å². The summed E-state index contributed by atoms with van der Waals surface area (Å²) in [4.78, 5) is 41.7. The number of halogens is 1. The van der Waals surface area contributed by atoms with E-state index in [0.29, 0.717) is 47.5 Å². The summed E-state index contributed by atoms with van der Waals surface area (Å²) in [5.41, 5.74) is 1.42. The number of nitrogens with one attached hydrogen (secondary N) is 1. The maximum absolute atomic E-state index is 15.7.